The number of aliphatic hydroxyl groups is 1. The molecule has 0 saturated heterocycles. The fourth-order valence-corrected chi connectivity index (χ4v) is 0.768. The van der Waals surface area contributed by atoms with Crippen LogP contribution in [0.3, 0.4) is 0 Å². The maximum atomic E-state index is 10.7. The summed E-state index contributed by atoms with van der Waals surface area (Å²) >= 11 is 0. The number of esters is 1. The molecule has 0 saturated carbocycles. The van der Waals surface area contributed by atoms with Crippen molar-refractivity contribution < 1.29 is 19.6 Å². The summed E-state index contributed by atoms with van der Waals surface area (Å²) in [5.74, 6) is -0.391. The Hall–Kier alpha value is -1.17. The molecule has 0 radical (unpaired) electrons. The summed E-state index contributed by atoms with van der Waals surface area (Å²) < 4.78 is 4.59. The molecule has 13 heavy (non-hydrogen) atoms. The van der Waals surface area contributed by atoms with E-state index in [-0.39, 0.29) is 19.3 Å². The molecule has 0 spiro atoms. The zero-order valence-corrected chi connectivity index (χ0v) is 7.43. The highest BCUT2D eigenvalue weighted by Crippen LogP contribution is 2.02. The van der Waals surface area contributed by atoms with Gasteiger partial charge in [0, 0.05) is 12.8 Å². The Morgan fingerprint density at radius 2 is 2.31 bits per heavy atom. The number of hydrogen-bond donors (Lipinski definition) is 1. The van der Waals surface area contributed by atoms with Gasteiger partial charge in [-0.2, -0.15) is 0 Å². The molecule has 0 fully saturated rings. The predicted molar refractivity (Wildman–Crippen MR) is 43.5 cm³/mol. The molecule has 0 aromatic heterocycles. The van der Waals surface area contributed by atoms with Crippen LogP contribution in [0.4, 0.5) is 0 Å². The van der Waals surface area contributed by atoms with Crippen molar-refractivity contribution in [1.82, 2.24) is 0 Å². The van der Waals surface area contributed by atoms with Crippen molar-refractivity contribution in [2.75, 3.05) is 6.61 Å². The van der Waals surface area contributed by atoms with Crippen LogP contribution in [-0.4, -0.2) is 28.8 Å². The SMILES string of the molecule is CCOC(=O)CCCC(O)[N+](=O)[O-]. The normalized spacial score (nSPS) is 12.2. The predicted octanol–water partition coefficient (Wildman–Crippen LogP) is 0.315. The van der Waals surface area contributed by atoms with Crippen LogP contribution in [-0.2, 0) is 9.53 Å². The van der Waals surface area contributed by atoms with Gasteiger partial charge in [-0.25, -0.2) is 0 Å². The second-order valence-electron chi connectivity index (χ2n) is 2.46. The summed E-state index contributed by atoms with van der Waals surface area (Å²) in [5, 5.41) is 18.7. The van der Waals surface area contributed by atoms with E-state index < -0.39 is 17.1 Å². The second-order valence-corrected chi connectivity index (χ2v) is 2.46. The van der Waals surface area contributed by atoms with Crippen LogP contribution in [0, 0.1) is 10.1 Å². The van der Waals surface area contributed by atoms with Gasteiger partial charge in [-0.15, -0.1) is 0 Å². The maximum Gasteiger partial charge on any atom is 0.313 e. The van der Waals surface area contributed by atoms with Crippen LogP contribution >= 0.6 is 0 Å². The third-order valence-electron chi connectivity index (χ3n) is 1.39. The Bertz CT molecular complexity index is 182. The number of carbonyl (C=O) groups excluding carboxylic acids is 1. The lowest BCUT2D eigenvalue weighted by molar-refractivity contribution is -0.571. The van der Waals surface area contributed by atoms with E-state index in [2.05, 4.69) is 4.74 Å². The van der Waals surface area contributed by atoms with Crippen molar-refractivity contribution in [2.24, 2.45) is 0 Å². The van der Waals surface area contributed by atoms with Crippen molar-refractivity contribution >= 4 is 5.97 Å². The molecular weight excluding hydrogens is 178 g/mol. The lowest BCUT2D eigenvalue weighted by Gasteiger charge is -2.02. The summed E-state index contributed by atoms with van der Waals surface area (Å²) in [4.78, 5) is 19.9. The van der Waals surface area contributed by atoms with Crippen molar-refractivity contribution in [1.29, 1.82) is 0 Å². The van der Waals surface area contributed by atoms with E-state index in [1.54, 1.807) is 6.92 Å². The number of ether oxygens (including phenoxy) is 1. The average Bonchev–Trinajstić information content (AvgIpc) is 2.04. The molecule has 0 aliphatic heterocycles. The third-order valence-corrected chi connectivity index (χ3v) is 1.39. The molecule has 6 nitrogen and oxygen atoms in total. The Morgan fingerprint density at radius 1 is 1.69 bits per heavy atom. The number of aliphatic hydroxyl groups excluding tert-OH is 1. The number of hydrogen-bond acceptors (Lipinski definition) is 5. The minimum atomic E-state index is -1.57. The minimum absolute atomic E-state index is 0.0220. The Kier molecular flexibility index (Phi) is 5.79. The van der Waals surface area contributed by atoms with Crippen molar-refractivity contribution in [3.63, 3.8) is 0 Å². The van der Waals surface area contributed by atoms with Crippen LogP contribution in [0.5, 0.6) is 0 Å². The molecule has 0 aliphatic rings. The molecule has 1 unspecified atom stereocenters. The summed E-state index contributed by atoms with van der Waals surface area (Å²) in [7, 11) is 0. The molecule has 1 atom stereocenters. The largest absolute Gasteiger partial charge is 0.466 e. The van der Waals surface area contributed by atoms with E-state index in [1.807, 2.05) is 0 Å². The summed E-state index contributed by atoms with van der Waals surface area (Å²) in [6.45, 7) is 1.99. The van der Waals surface area contributed by atoms with Crippen molar-refractivity contribution in [2.45, 2.75) is 32.4 Å². The fourth-order valence-electron chi connectivity index (χ4n) is 0.768. The second kappa shape index (κ2) is 6.36. The Labute approximate surface area is 75.7 Å². The summed E-state index contributed by atoms with van der Waals surface area (Å²) in [6.07, 6.45) is -1.22. The van der Waals surface area contributed by atoms with Gasteiger partial charge in [0.2, 0.25) is 0 Å². The highest BCUT2D eigenvalue weighted by Gasteiger charge is 2.15. The van der Waals surface area contributed by atoms with E-state index in [0.29, 0.717) is 6.61 Å². The molecule has 0 amide bonds. The fraction of sp³-hybridized carbons (Fsp3) is 0.857. The van der Waals surface area contributed by atoms with Gasteiger partial charge in [0.25, 0.3) is 0 Å². The highest BCUT2D eigenvalue weighted by molar-refractivity contribution is 5.69. The van der Waals surface area contributed by atoms with E-state index in [4.69, 9.17) is 5.11 Å². The topological polar surface area (TPSA) is 89.7 Å². The molecular formula is C7H13NO5. The Morgan fingerprint density at radius 3 is 2.77 bits per heavy atom. The van der Waals surface area contributed by atoms with Crippen LogP contribution in [0.1, 0.15) is 26.2 Å². The zero-order chi connectivity index (χ0) is 10.3. The van der Waals surface area contributed by atoms with E-state index >= 15 is 0 Å². The van der Waals surface area contributed by atoms with Crippen LogP contribution in [0.2, 0.25) is 0 Å². The molecule has 0 bridgehead atoms. The molecule has 0 heterocycles. The minimum Gasteiger partial charge on any atom is -0.466 e. The maximum absolute atomic E-state index is 10.7. The lowest BCUT2D eigenvalue weighted by Crippen LogP contribution is -2.18. The van der Waals surface area contributed by atoms with E-state index in [9.17, 15) is 14.9 Å². The van der Waals surface area contributed by atoms with Gasteiger partial charge in [-0.1, -0.05) is 0 Å². The van der Waals surface area contributed by atoms with Gasteiger partial charge < -0.3 is 9.84 Å². The first-order valence-corrected chi connectivity index (χ1v) is 4.05. The molecule has 1 N–H and O–H groups in total. The Balaban J connectivity index is 3.44. The van der Waals surface area contributed by atoms with Gasteiger partial charge in [0.15, 0.2) is 0 Å². The number of rotatable bonds is 6. The summed E-state index contributed by atoms with van der Waals surface area (Å²) in [5.41, 5.74) is 0. The molecule has 0 aromatic carbocycles. The van der Waals surface area contributed by atoms with Gasteiger partial charge in [0.1, 0.15) is 0 Å². The van der Waals surface area contributed by atoms with Gasteiger partial charge >= 0.3 is 12.2 Å². The van der Waals surface area contributed by atoms with Gasteiger partial charge in [0.05, 0.1) is 11.5 Å². The lowest BCUT2D eigenvalue weighted by atomic mass is 10.2. The number of carbonyl (C=O) groups is 1. The van der Waals surface area contributed by atoms with E-state index in [0.717, 1.165) is 0 Å². The molecule has 0 rings (SSSR count). The molecule has 0 aromatic rings. The quantitative estimate of drug-likeness (QED) is 0.282. The molecule has 0 aliphatic carbocycles. The van der Waals surface area contributed by atoms with Crippen LogP contribution in [0.15, 0.2) is 0 Å². The first kappa shape index (κ1) is 11.8. The highest BCUT2D eigenvalue weighted by atomic mass is 16.7. The van der Waals surface area contributed by atoms with Crippen molar-refractivity contribution in [3.05, 3.63) is 10.1 Å². The standard InChI is InChI=1S/C7H13NO5/c1-2-13-7(10)5-3-4-6(9)8(11)12/h6,9H,2-5H2,1H3. The van der Waals surface area contributed by atoms with Crippen molar-refractivity contribution in [3.8, 4) is 0 Å². The zero-order valence-electron chi connectivity index (χ0n) is 7.43. The summed E-state index contributed by atoms with van der Waals surface area (Å²) in [6, 6.07) is 0. The molecule has 76 valence electrons. The van der Waals surface area contributed by atoms with Crippen LogP contribution in [0.25, 0.3) is 0 Å². The first-order chi connectivity index (χ1) is 6.07. The number of nitrogens with zero attached hydrogens (tertiary/aromatic N) is 1. The van der Waals surface area contributed by atoms with Crippen LogP contribution < -0.4 is 0 Å². The number of nitro groups is 1. The van der Waals surface area contributed by atoms with E-state index in [1.165, 1.54) is 0 Å². The first-order valence-electron chi connectivity index (χ1n) is 4.05. The smallest absolute Gasteiger partial charge is 0.313 e. The average molecular weight is 191 g/mol. The monoisotopic (exact) mass is 191 g/mol. The third kappa shape index (κ3) is 6.03. The van der Waals surface area contributed by atoms with Gasteiger partial charge in [-0.05, 0) is 13.3 Å². The van der Waals surface area contributed by atoms with Gasteiger partial charge in [-0.3, -0.25) is 14.9 Å². The molecule has 6 heteroatoms.